The van der Waals surface area contributed by atoms with Crippen LogP contribution in [0, 0.1) is 0 Å². The van der Waals surface area contributed by atoms with Gasteiger partial charge in [0.05, 0.1) is 43.2 Å². The number of aliphatic hydroxyl groups is 1. The van der Waals surface area contributed by atoms with E-state index in [1.54, 1.807) is 0 Å². The van der Waals surface area contributed by atoms with Gasteiger partial charge in [0.1, 0.15) is 5.60 Å². The van der Waals surface area contributed by atoms with Crippen LogP contribution in [0.1, 0.15) is 77.8 Å². The molecule has 2 aliphatic rings. The molecule has 0 amide bonds. The fraction of sp³-hybridized carbons (Fsp3) is 0.657. The van der Waals surface area contributed by atoms with Crippen LogP contribution in [0.25, 0.3) is 0 Å². The third-order valence-corrected chi connectivity index (χ3v) is 14.2. The van der Waals surface area contributed by atoms with Crippen LogP contribution in [-0.2, 0) is 36.6 Å². The third-order valence-electron chi connectivity index (χ3n) is 9.75. The Balaban J connectivity index is 1.49. The average molecular weight is 599 g/mol. The smallest absolute Gasteiger partial charge is 0.192 e. The van der Waals surface area contributed by atoms with Crippen molar-refractivity contribution in [1.82, 2.24) is 0 Å². The minimum atomic E-state index is -2.11. The van der Waals surface area contributed by atoms with Crippen molar-refractivity contribution in [3.63, 3.8) is 0 Å². The van der Waals surface area contributed by atoms with Crippen LogP contribution in [0.2, 0.25) is 18.1 Å². The SMILES string of the molecule is CC(C)(C)[Si](C)(C)O[C@H]1C[C@H]2O[C@@H](CCCOCc3ccccc3)C[C@H](OCc3ccccc3)[C@]2(C)O[C@]1(C)CCO. The van der Waals surface area contributed by atoms with Gasteiger partial charge in [-0.25, -0.2) is 0 Å². The van der Waals surface area contributed by atoms with Crippen LogP contribution in [0.15, 0.2) is 60.7 Å². The molecule has 0 aromatic heterocycles. The van der Waals surface area contributed by atoms with Crippen molar-refractivity contribution in [2.24, 2.45) is 0 Å². The average Bonchev–Trinajstić information content (AvgIpc) is 2.93. The van der Waals surface area contributed by atoms with Crippen molar-refractivity contribution >= 4 is 8.32 Å². The molecule has 2 aromatic rings. The number of aliphatic hydroxyl groups excluding tert-OH is 1. The normalized spacial score (nSPS) is 30.2. The second-order valence-electron chi connectivity index (χ2n) is 14.1. The van der Waals surface area contributed by atoms with Gasteiger partial charge in [0.2, 0.25) is 0 Å². The van der Waals surface area contributed by atoms with Gasteiger partial charge < -0.3 is 28.5 Å². The molecule has 6 atom stereocenters. The Kier molecular flexibility index (Phi) is 11.1. The Labute approximate surface area is 255 Å². The zero-order chi connectivity index (χ0) is 30.4. The maximum absolute atomic E-state index is 10.1. The highest BCUT2D eigenvalue weighted by atomic mass is 28.4. The standard InChI is InChI=1S/C35H54O6Si/c1-33(2,3)42(6,7)40-30-24-32-35(5,41-34(30,4)20-21-36)31(38-26-28-17-12-9-13-18-28)23-29(39-32)19-14-22-37-25-27-15-10-8-11-16-27/h8-13,15-18,29-32,36H,14,19-26H2,1-7H3/t29-,30-,31-,32+,34+,35-/m0/s1. The summed E-state index contributed by atoms with van der Waals surface area (Å²) < 4.78 is 33.6. The molecular formula is C35H54O6Si. The van der Waals surface area contributed by atoms with E-state index >= 15 is 0 Å². The molecular weight excluding hydrogens is 544 g/mol. The number of benzene rings is 2. The van der Waals surface area contributed by atoms with Crippen molar-refractivity contribution in [2.45, 2.75) is 134 Å². The van der Waals surface area contributed by atoms with E-state index in [1.165, 1.54) is 5.56 Å². The molecule has 4 rings (SSSR count). The summed E-state index contributed by atoms with van der Waals surface area (Å²) in [6.45, 7) is 17.5. The fourth-order valence-electron chi connectivity index (χ4n) is 6.04. The molecule has 234 valence electrons. The van der Waals surface area contributed by atoms with Gasteiger partial charge in [-0.15, -0.1) is 0 Å². The molecule has 0 bridgehead atoms. The Morgan fingerprint density at radius 3 is 2.12 bits per heavy atom. The summed E-state index contributed by atoms with van der Waals surface area (Å²) in [5.74, 6) is 0. The van der Waals surface area contributed by atoms with Crippen LogP contribution in [0.5, 0.6) is 0 Å². The molecule has 0 unspecified atom stereocenters. The van der Waals surface area contributed by atoms with Gasteiger partial charge in [-0.1, -0.05) is 81.4 Å². The molecule has 0 spiro atoms. The molecule has 7 heteroatoms. The lowest BCUT2D eigenvalue weighted by molar-refractivity contribution is -0.333. The monoisotopic (exact) mass is 598 g/mol. The number of fused-ring (bicyclic) bond motifs is 1. The van der Waals surface area contributed by atoms with Gasteiger partial charge in [-0.2, -0.15) is 0 Å². The highest BCUT2D eigenvalue weighted by Crippen LogP contribution is 2.49. The number of rotatable bonds is 13. The number of hydrogen-bond donors (Lipinski definition) is 1. The van der Waals surface area contributed by atoms with Crippen LogP contribution >= 0.6 is 0 Å². The molecule has 0 radical (unpaired) electrons. The van der Waals surface area contributed by atoms with Crippen molar-refractivity contribution < 1.29 is 28.5 Å². The Morgan fingerprint density at radius 1 is 0.905 bits per heavy atom. The first-order valence-electron chi connectivity index (χ1n) is 15.8. The van der Waals surface area contributed by atoms with E-state index < -0.39 is 19.5 Å². The largest absolute Gasteiger partial charge is 0.411 e. The fourth-order valence-corrected chi connectivity index (χ4v) is 7.45. The predicted octanol–water partition coefficient (Wildman–Crippen LogP) is 7.44. The Bertz CT molecular complexity index is 1090. The number of hydrogen-bond acceptors (Lipinski definition) is 6. The van der Waals surface area contributed by atoms with E-state index in [-0.39, 0.29) is 36.1 Å². The summed E-state index contributed by atoms with van der Waals surface area (Å²) in [6, 6.07) is 20.6. The lowest BCUT2D eigenvalue weighted by Crippen LogP contribution is -2.70. The zero-order valence-electron chi connectivity index (χ0n) is 26.9. The molecule has 2 saturated heterocycles. The quantitative estimate of drug-likeness (QED) is 0.191. The Hall–Kier alpha value is -1.58. The van der Waals surface area contributed by atoms with Gasteiger partial charge in [0.25, 0.3) is 0 Å². The molecule has 42 heavy (non-hydrogen) atoms. The minimum Gasteiger partial charge on any atom is -0.411 e. The summed E-state index contributed by atoms with van der Waals surface area (Å²) in [6.07, 6.45) is 3.32. The van der Waals surface area contributed by atoms with E-state index in [2.05, 4.69) is 72.0 Å². The van der Waals surface area contributed by atoms with Crippen LogP contribution in [0.4, 0.5) is 0 Å². The van der Waals surface area contributed by atoms with E-state index in [1.807, 2.05) is 36.4 Å². The van der Waals surface area contributed by atoms with Crippen molar-refractivity contribution in [2.75, 3.05) is 13.2 Å². The number of ether oxygens (including phenoxy) is 4. The summed E-state index contributed by atoms with van der Waals surface area (Å²) in [5, 5.41) is 10.2. The lowest BCUT2D eigenvalue weighted by atomic mass is 9.75. The topological polar surface area (TPSA) is 66.4 Å². The summed E-state index contributed by atoms with van der Waals surface area (Å²) >= 11 is 0. The maximum atomic E-state index is 10.1. The van der Waals surface area contributed by atoms with Crippen LogP contribution < -0.4 is 0 Å². The third kappa shape index (κ3) is 8.11. The highest BCUT2D eigenvalue weighted by Gasteiger charge is 2.60. The second-order valence-corrected chi connectivity index (χ2v) is 18.9. The summed E-state index contributed by atoms with van der Waals surface area (Å²) in [7, 11) is -2.11. The van der Waals surface area contributed by atoms with Gasteiger partial charge in [-0.3, -0.25) is 0 Å². The lowest BCUT2D eigenvalue weighted by Gasteiger charge is -2.59. The second kappa shape index (κ2) is 14.0. The Morgan fingerprint density at radius 2 is 1.52 bits per heavy atom. The van der Waals surface area contributed by atoms with Crippen molar-refractivity contribution in [3.05, 3.63) is 71.8 Å². The predicted molar refractivity (Wildman–Crippen MR) is 170 cm³/mol. The molecule has 0 aliphatic carbocycles. The molecule has 6 nitrogen and oxygen atoms in total. The van der Waals surface area contributed by atoms with E-state index in [0.29, 0.717) is 32.7 Å². The minimum absolute atomic E-state index is 0.0383. The first-order valence-corrected chi connectivity index (χ1v) is 18.7. The van der Waals surface area contributed by atoms with Gasteiger partial charge in [0, 0.05) is 32.5 Å². The highest BCUT2D eigenvalue weighted by molar-refractivity contribution is 6.74. The van der Waals surface area contributed by atoms with E-state index in [9.17, 15) is 5.11 Å². The molecule has 2 heterocycles. The van der Waals surface area contributed by atoms with E-state index in [0.717, 1.165) is 24.8 Å². The van der Waals surface area contributed by atoms with Gasteiger partial charge >= 0.3 is 0 Å². The molecule has 0 saturated carbocycles. The first kappa shape index (κ1) is 33.3. The van der Waals surface area contributed by atoms with Gasteiger partial charge in [-0.05, 0) is 55.9 Å². The van der Waals surface area contributed by atoms with Crippen molar-refractivity contribution in [3.8, 4) is 0 Å². The summed E-state index contributed by atoms with van der Waals surface area (Å²) in [5.41, 5.74) is 1.02. The van der Waals surface area contributed by atoms with Crippen molar-refractivity contribution in [1.29, 1.82) is 0 Å². The first-order chi connectivity index (χ1) is 19.9. The van der Waals surface area contributed by atoms with Gasteiger partial charge in [0.15, 0.2) is 8.32 Å². The van der Waals surface area contributed by atoms with E-state index in [4.69, 9.17) is 23.4 Å². The molecule has 2 aromatic carbocycles. The zero-order valence-corrected chi connectivity index (χ0v) is 27.9. The molecule has 1 N–H and O–H groups in total. The van der Waals surface area contributed by atoms with Crippen LogP contribution in [0.3, 0.4) is 0 Å². The summed E-state index contributed by atoms with van der Waals surface area (Å²) in [4.78, 5) is 0. The molecule has 2 aliphatic heterocycles. The maximum Gasteiger partial charge on any atom is 0.192 e. The molecule has 2 fully saturated rings. The van der Waals surface area contributed by atoms with Crippen LogP contribution in [-0.4, -0.2) is 62.3 Å².